The van der Waals surface area contributed by atoms with Crippen LogP contribution in [0.5, 0.6) is 0 Å². The number of H-pyrrole nitrogens is 1. The quantitative estimate of drug-likeness (QED) is 0.639. The summed E-state index contributed by atoms with van der Waals surface area (Å²) in [6.07, 6.45) is -4.48. The minimum absolute atomic E-state index is 0.0572. The van der Waals surface area contributed by atoms with Gasteiger partial charge in [-0.05, 0) is 37.3 Å². The first kappa shape index (κ1) is 18.8. The fraction of sp³-hybridized carbons (Fsp3) is 0.167. The number of carbonyl (C=O) groups is 1. The Morgan fingerprint density at radius 2 is 1.93 bits per heavy atom. The molecule has 27 heavy (non-hydrogen) atoms. The van der Waals surface area contributed by atoms with Gasteiger partial charge in [-0.2, -0.15) is 18.3 Å². The van der Waals surface area contributed by atoms with Crippen molar-refractivity contribution >= 4 is 23.8 Å². The Balaban J connectivity index is 1.80. The number of carbonyl (C=O) groups excluding carboxylic acids is 1. The van der Waals surface area contributed by atoms with Gasteiger partial charge >= 0.3 is 6.18 Å². The molecule has 0 bridgehead atoms. The molecule has 0 aliphatic heterocycles. The molecule has 0 spiro atoms. The normalized spacial score (nSPS) is 11.4. The van der Waals surface area contributed by atoms with Gasteiger partial charge in [0, 0.05) is 11.3 Å². The number of nitrogens with one attached hydrogen (secondary N) is 2. The predicted molar refractivity (Wildman–Crippen MR) is 97.7 cm³/mol. The highest BCUT2D eigenvalue weighted by Gasteiger charge is 2.30. The molecule has 140 valence electrons. The van der Waals surface area contributed by atoms with Gasteiger partial charge in [-0.3, -0.25) is 14.5 Å². The summed E-state index contributed by atoms with van der Waals surface area (Å²) in [5.74, 6) is -0.0422. The van der Waals surface area contributed by atoms with Gasteiger partial charge in [0.2, 0.25) is 5.91 Å². The molecule has 0 aliphatic rings. The van der Waals surface area contributed by atoms with Crippen molar-refractivity contribution in [1.29, 1.82) is 0 Å². The summed E-state index contributed by atoms with van der Waals surface area (Å²) < 4.78 is 40.1. The third-order valence-corrected chi connectivity index (χ3v) is 4.16. The van der Waals surface area contributed by atoms with Gasteiger partial charge in [-0.25, -0.2) is 0 Å². The average Bonchev–Trinajstić information content (AvgIpc) is 2.96. The molecule has 1 heterocycles. The zero-order chi connectivity index (χ0) is 19.6. The van der Waals surface area contributed by atoms with Crippen LogP contribution in [0, 0.1) is 11.7 Å². The van der Waals surface area contributed by atoms with Crippen LogP contribution in [0.15, 0.2) is 48.5 Å². The maximum Gasteiger partial charge on any atom is 0.416 e. The Kier molecular flexibility index (Phi) is 5.13. The number of benzene rings is 2. The second kappa shape index (κ2) is 7.36. The number of nitrogens with zero attached hydrogens (tertiary/aromatic N) is 2. The SMILES string of the molecule is Cc1ccc(-c2n[nH]c(=S)n2CC(=O)Nc2cccc(C(F)(F)F)c2)cc1. The lowest BCUT2D eigenvalue weighted by atomic mass is 10.1. The fourth-order valence-corrected chi connectivity index (χ4v) is 2.70. The number of halogens is 3. The molecule has 0 radical (unpaired) electrons. The van der Waals surface area contributed by atoms with E-state index in [0.29, 0.717) is 5.82 Å². The lowest BCUT2D eigenvalue weighted by Crippen LogP contribution is -2.20. The third kappa shape index (κ3) is 4.43. The Hall–Kier alpha value is -2.94. The van der Waals surface area contributed by atoms with Crippen molar-refractivity contribution < 1.29 is 18.0 Å². The van der Waals surface area contributed by atoms with E-state index in [4.69, 9.17) is 12.2 Å². The topological polar surface area (TPSA) is 62.7 Å². The van der Waals surface area contributed by atoms with Crippen LogP contribution in [0.4, 0.5) is 18.9 Å². The average molecular weight is 392 g/mol. The minimum Gasteiger partial charge on any atom is -0.325 e. The summed E-state index contributed by atoms with van der Waals surface area (Å²) in [4.78, 5) is 12.3. The maximum atomic E-state index is 12.8. The van der Waals surface area contributed by atoms with Gasteiger partial charge in [0.05, 0.1) is 5.56 Å². The molecule has 0 aliphatic carbocycles. The van der Waals surface area contributed by atoms with Gasteiger partial charge in [-0.1, -0.05) is 35.9 Å². The Labute approximate surface area is 157 Å². The van der Waals surface area contributed by atoms with Crippen LogP contribution in [0.3, 0.4) is 0 Å². The van der Waals surface area contributed by atoms with Crippen molar-refractivity contribution in [3.63, 3.8) is 0 Å². The van der Waals surface area contributed by atoms with Crippen molar-refractivity contribution in [2.24, 2.45) is 0 Å². The molecule has 0 unspecified atom stereocenters. The summed E-state index contributed by atoms with van der Waals surface area (Å²) in [5, 5.41) is 9.23. The molecule has 0 saturated carbocycles. The first-order valence-corrected chi connectivity index (χ1v) is 8.34. The molecule has 1 aromatic heterocycles. The molecule has 0 saturated heterocycles. The van der Waals surface area contributed by atoms with Gasteiger partial charge in [0.1, 0.15) is 6.54 Å². The first-order chi connectivity index (χ1) is 12.7. The van der Waals surface area contributed by atoms with Crippen LogP contribution in [0.25, 0.3) is 11.4 Å². The van der Waals surface area contributed by atoms with E-state index in [1.807, 2.05) is 31.2 Å². The van der Waals surface area contributed by atoms with Crippen molar-refractivity contribution in [3.05, 3.63) is 64.4 Å². The van der Waals surface area contributed by atoms with Crippen molar-refractivity contribution in [1.82, 2.24) is 14.8 Å². The van der Waals surface area contributed by atoms with Crippen molar-refractivity contribution in [3.8, 4) is 11.4 Å². The summed E-state index contributed by atoms with van der Waals surface area (Å²) in [7, 11) is 0. The van der Waals surface area contributed by atoms with Gasteiger partial charge in [0.15, 0.2) is 10.6 Å². The van der Waals surface area contributed by atoms with Crippen LogP contribution in [0.2, 0.25) is 0 Å². The molecule has 2 aromatic carbocycles. The van der Waals surface area contributed by atoms with E-state index in [2.05, 4.69) is 15.5 Å². The zero-order valence-electron chi connectivity index (χ0n) is 14.2. The summed E-state index contributed by atoms with van der Waals surface area (Å²) in [6.45, 7) is 1.76. The van der Waals surface area contributed by atoms with E-state index < -0.39 is 17.6 Å². The maximum absolute atomic E-state index is 12.8. The highest BCUT2D eigenvalue weighted by molar-refractivity contribution is 7.71. The van der Waals surface area contributed by atoms with Gasteiger partial charge in [0.25, 0.3) is 0 Å². The second-order valence-electron chi connectivity index (χ2n) is 5.93. The minimum atomic E-state index is -4.48. The number of anilines is 1. The Morgan fingerprint density at radius 3 is 2.59 bits per heavy atom. The number of alkyl halides is 3. The molecule has 9 heteroatoms. The molecule has 3 rings (SSSR count). The zero-order valence-corrected chi connectivity index (χ0v) is 15.0. The number of rotatable bonds is 4. The molecular weight excluding hydrogens is 377 g/mol. The summed E-state index contributed by atoms with van der Waals surface area (Å²) >= 11 is 5.17. The van der Waals surface area contributed by atoms with Gasteiger partial charge in [-0.15, -0.1) is 0 Å². The number of aromatic nitrogens is 3. The molecule has 5 nitrogen and oxygen atoms in total. The number of hydrogen-bond acceptors (Lipinski definition) is 3. The number of hydrogen-bond donors (Lipinski definition) is 2. The van der Waals surface area contributed by atoms with Crippen LogP contribution >= 0.6 is 12.2 Å². The largest absolute Gasteiger partial charge is 0.416 e. The summed E-state index contributed by atoms with van der Waals surface area (Å²) in [5.41, 5.74) is 1.06. The highest BCUT2D eigenvalue weighted by atomic mass is 32.1. The summed E-state index contributed by atoms with van der Waals surface area (Å²) in [6, 6.07) is 12.0. The molecule has 3 aromatic rings. The van der Waals surface area contributed by atoms with Crippen LogP contribution < -0.4 is 5.32 Å². The highest BCUT2D eigenvalue weighted by Crippen LogP contribution is 2.30. The van der Waals surface area contributed by atoms with E-state index in [1.165, 1.54) is 16.7 Å². The second-order valence-corrected chi connectivity index (χ2v) is 6.32. The lowest BCUT2D eigenvalue weighted by Gasteiger charge is -2.11. The number of aryl methyl sites for hydroxylation is 1. The molecule has 0 atom stereocenters. The molecule has 1 amide bonds. The number of amides is 1. The Bertz CT molecular complexity index is 1020. The van der Waals surface area contributed by atoms with Crippen LogP contribution in [-0.2, 0) is 17.5 Å². The fourth-order valence-electron chi connectivity index (χ4n) is 2.50. The smallest absolute Gasteiger partial charge is 0.325 e. The third-order valence-electron chi connectivity index (χ3n) is 3.84. The molecule has 2 N–H and O–H groups in total. The van der Waals surface area contributed by atoms with E-state index in [-0.39, 0.29) is 17.0 Å². The lowest BCUT2D eigenvalue weighted by molar-refractivity contribution is -0.137. The van der Waals surface area contributed by atoms with Crippen molar-refractivity contribution in [2.75, 3.05) is 5.32 Å². The van der Waals surface area contributed by atoms with Crippen LogP contribution in [0.1, 0.15) is 11.1 Å². The predicted octanol–water partition coefficient (Wildman–Crippen LogP) is 4.57. The number of aromatic amines is 1. The van der Waals surface area contributed by atoms with E-state index in [9.17, 15) is 18.0 Å². The Morgan fingerprint density at radius 1 is 1.22 bits per heavy atom. The van der Waals surface area contributed by atoms with Crippen molar-refractivity contribution in [2.45, 2.75) is 19.6 Å². The first-order valence-electron chi connectivity index (χ1n) is 7.93. The molecule has 0 fully saturated rings. The van der Waals surface area contributed by atoms with Crippen LogP contribution in [-0.4, -0.2) is 20.7 Å². The monoisotopic (exact) mass is 392 g/mol. The van der Waals surface area contributed by atoms with Gasteiger partial charge < -0.3 is 5.32 Å². The van der Waals surface area contributed by atoms with E-state index in [1.54, 1.807) is 0 Å². The molecular formula is C18H15F3N4OS. The standard InChI is InChI=1S/C18H15F3N4OS/c1-11-5-7-12(8-6-11)16-23-24-17(27)25(16)10-15(26)22-14-4-2-3-13(9-14)18(19,20)21/h2-9H,10H2,1H3,(H,22,26)(H,24,27). The van der Waals surface area contributed by atoms with E-state index in [0.717, 1.165) is 23.3 Å². The van der Waals surface area contributed by atoms with E-state index >= 15 is 0 Å².